The largest absolute Gasteiger partial charge is 0.391 e. The van der Waals surface area contributed by atoms with E-state index in [9.17, 15) is 9.90 Å². The molecule has 3 N–H and O–H groups in total. The molecule has 4 rings (SSSR count). The predicted octanol–water partition coefficient (Wildman–Crippen LogP) is 2.02. The Morgan fingerprint density at radius 3 is 2.32 bits per heavy atom. The third kappa shape index (κ3) is 5.00. The van der Waals surface area contributed by atoms with Gasteiger partial charge in [0.1, 0.15) is 0 Å². The number of aliphatic hydroxyl groups is 1. The molecule has 3 aliphatic rings. The number of amides is 1. The molecule has 7 heteroatoms. The lowest BCUT2D eigenvalue weighted by atomic mass is 9.83. The van der Waals surface area contributed by atoms with Crippen molar-refractivity contribution in [3.05, 3.63) is 35.4 Å². The van der Waals surface area contributed by atoms with Gasteiger partial charge in [-0.3, -0.25) is 9.69 Å². The van der Waals surface area contributed by atoms with Gasteiger partial charge in [-0.25, -0.2) is 0 Å². The van der Waals surface area contributed by atoms with Crippen LogP contribution in [0.25, 0.3) is 0 Å². The molecule has 1 aromatic carbocycles. The summed E-state index contributed by atoms with van der Waals surface area (Å²) in [6, 6.07) is 9.19. The third-order valence-corrected chi connectivity index (χ3v) is 6.61. The summed E-state index contributed by atoms with van der Waals surface area (Å²) in [7, 11) is 0. The van der Waals surface area contributed by atoms with E-state index in [4.69, 9.17) is 5.73 Å². The van der Waals surface area contributed by atoms with Crippen molar-refractivity contribution < 1.29 is 9.90 Å². The maximum Gasteiger partial charge on any atom is 0.225 e. The number of benzene rings is 1. The normalized spacial score (nSPS) is 28.6. The molecule has 5 nitrogen and oxygen atoms in total. The van der Waals surface area contributed by atoms with E-state index in [0.717, 1.165) is 58.3 Å². The summed E-state index contributed by atoms with van der Waals surface area (Å²) in [6.07, 6.45) is 4.87. The molecule has 0 aromatic heterocycles. The van der Waals surface area contributed by atoms with Crippen LogP contribution in [0, 0.1) is 5.92 Å². The average Bonchev–Trinajstić information content (AvgIpc) is 2.93. The SMILES string of the molecule is Cl.Cl.N[C@@H]1CC[C@H](C(=O)N2CCCN(C3Cc4ccccc4C3)CC2)C[C@H]1O. The van der Waals surface area contributed by atoms with E-state index in [-0.39, 0.29) is 42.7 Å². The lowest BCUT2D eigenvalue weighted by Crippen LogP contribution is -2.46. The average molecular weight is 430 g/mol. The van der Waals surface area contributed by atoms with Crippen molar-refractivity contribution in [2.75, 3.05) is 26.2 Å². The van der Waals surface area contributed by atoms with Crippen LogP contribution >= 0.6 is 24.8 Å². The first kappa shape index (κ1) is 23.4. The standard InChI is InChI=1S/C21H31N3O2.2ClH/c22-19-7-6-17(14-20(19)25)21(26)24-9-3-8-23(10-11-24)18-12-15-4-1-2-5-16(15)13-18;;/h1-2,4-5,17-20,25H,3,6-14,22H2;2*1H/t17-,19+,20+;;/m0../s1. The van der Waals surface area contributed by atoms with Crippen molar-refractivity contribution in [3.63, 3.8) is 0 Å². The molecule has 0 unspecified atom stereocenters. The summed E-state index contributed by atoms with van der Waals surface area (Å²) < 4.78 is 0. The van der Waals surface area contributed by atoms with E-state index in [0.29, 0.717) is 12.5 Å². The van der Waals surface area contributed by atoms with Gasteiger partial charge >= 0.3 is 0 Å². The maximum atomic E-state index is 12.9. The predicted molar refractivity (Wildman–Crippen MR) is 116 cm³/mol. The van der Waals surface area contributed by atoms with Crippen LogP contribution in [0.3, 0.4) is 0 Å². The summed E-state index contributed by atoms with van der Waals surface area (Å²) in [4.78, 5) is 17.5. The first-order chi connectivity index (χ1) is 12.6. The molecule has 2 fully saturated rings. The van der Waals surface area contributed by atoms with Crippen molar-refractivity contribution in [1.29, 1.82) is 0 Å². The Morgan fingerprint density at radius 2 is 1.68 bits per heavy atom. The van der Waals surface area contributed by atoms with Crippen LogP contribution in [0.4, 0.5) is 0 Å². The van der Waals surface area contributed by atoms with E-state index in [1.807, 2.05) is 4.90 Å². The molecule has 0 spiro atoms. The minimum Gasteiger partial charge on any atom is -0.391 e. The summed E-state index contributed by atoms with van der Waals surface area (Å²) in [5.74, 6) is 0.180. The Hall–Kier alpha value is -0.850. The monoisotopic (exact) mass is 429 g/mol. The smallest absolute Gasteiger partial charge is 0.225 e. The number of halogens is 2. The van der Waals surface area contributed by atoms with Crippen LogP contribution < -0.4 is 5.73 Å². The summed E-state index contributed by atoms with van der Waals surface area (Å²) in [5, 5.41) is 10.0. The first-order valence-electron chi connectivity index (χ1n) is 10.1. The lowest BCUT2D eigenvalue weighted by molar-refractivity contribution is -0.138. The molecular formula is C21H33Cl2N3O2. The summed E-state index contributed by atoms with van der Waals surface area (Å²) >= 11 is 0. The number of rotatable bonds is 2. The van der Waals surface area contributed by atoms with Crippen LogP contribution in [0.5, 0.6) is 0 Å². The maximum absolute atomic E-state index is 12.9. The number of carbonyl (C=O) groups is 1. The molecule has 0 bridgehead atoms. The van der Waals surface area contributed by atoms with Crippen molar-refractivity contribution in [1.82, 2.24) is 9.80 Å². The van der Waals surface area contributed by atoms with Gasteiger partial charge in [-0.1, -0.05) is 24.3 Å². The molecule has 1 saturated carbocycles. The molecule has 158 valence electrons. The van der Waals surface area contributed by atoms with Gasteiger partial charge in [0.05, 0.1) is 6.10 Å². The number of nitrogens with two attached hydrogens (primary N) is 1. The molecule has 1 aromatic rings. The highest BCUT2D eigenvalue weighted by Crippen LogP contribution is 2.28. The minimum atomic E-state index is -0.529. The van der Waals surface area contributed by atoms with Crippen molar-refractivity contribution in [2.45, 2.75) is 56.7 Å². The molecule has 1 heterocycles. The lowest BCUT2D eigenvalue weighted by Gasteiger charge is -2.33. The highest BCUT2D eigenvalue weighted by molar-refractivity contribution is 5.85. The second-order valence-electron chi connectivity index (χ2n) is 8.29. The Balaban J connectivity index is 0.00000140. The Labute approximate surface area is 180 Å². The molecule has 2 aliphatic carbocycles. The van der Waals surface area contributed by atoms with E-state index >= 15 is 0 Å². The molecule has 28 heavy (non-hydrogen) atoms. The summed E-state index contributed by atoms with van der Waals surface area (Å²) in [6.45, 7) is 3.68. The molecule has 0 radical (unpaired) electrons. The number of nitrogens with zero attached hydrogens (tertiary/aromatic N) is 2. The van der Waals surface area contributed by atoms with E-state index in [2.05, 4.69) is 29.2 Å². The fourth-order valence-corrected chi connectivity index (χ4v) is 4.97. The number of hydrogen-bond acceptors (Lipinski definition) is 4. The zero-order valence-electron chi connectivity index (χ0n) is 16.3. The highest BCUT2D eigenvalue weighted by atomic mass is 35.5. The van der Waals surface area contributed by atoms with E-state index < -0.39 is 6.10 Å². The van der Waals surface area contributed by atoms with Crippen molar-refractivity contribution in [3.8, 4) is 0 Å². The number of carbonyl (C=O) groups excluding carboxylic acids is 1. The molecule has 3 atom stereocenters. The van der Waals surface area contributed by atoms with Crippen LogP contribution in [0.1, 0.15) is 36.8 Å². The zero-order chi connectivity index (χ0) is 18.1. The summed E-state index contributed by atoms with van der Waals surface area (Å²) in [5.41, 5.74) is 8.86. The Kier molecular flexibility index (Phi) is 8.59. The van der Waals surface area contributed by atoms with Gasteiger partial charge in [0.2, 0.25) is 5.91 Å². The number of fused-ring (bicyclic) bond motifs is 1. The third-order valence-electron chi connectivity index (χ3n) is 6.61. The van der Waals surface area contributed by atoms with Gasteiger partial charge in [0.25, 0.3) is 0 Å². The van der Waals surface area contributed by atoms with E-state index in [1.54, 1.807) is 0 Å². The topological polar surface area (TPSA) is 69.8 Å². The number of hydrogen-bond donors (Lipinski definition) is 2. The molecule has 1 amide bonds. The van der Waals surface area contributed by atoms with Crippen molar-refractivity contribution in [2.24, 2.45) is 11.7 Å². The first-order valence-corrected chi connectivity index (χ1v) is 10.1. The van der Waals surface area contributed by atoms with Crippen LogP contribution in [-0.4, -0.2) is 65.2 Å². The van der Waals surface area contributed by atoms with Crippen LogP contribution in [0.15, 0.2) is 24.3 Å². The van der Waals surface area contributed by atoms with Gasteiger partial charge < -0.3 is 15.7 Å². The van der Waals surface area contributed by atoms with Gasteiger partial charge in [-0.05, 0) is 49.7 Å². The number of aliphatic hydroxyl groups excluding tert-OH is 1. The van der Waals surface area contributed by atoms with Crippen LogP contribution in [-0.2, 0) is 17.6 Å². The Bertz CT molecular complexity index is 635. The zero-order valence-corrected chi connectivity index (χ0v) is 18.0. The fraction of sp³-hybridized carbons (Fsp3) is 0.667. The van der Waals surface area contributed by atoms with Gasteiger partial charge in [0, 0.05) is 44.2 Å². The second-order valence-corrected chi connectivity index (χ2v) is 8.29. The van der Waals surface area contributed by atoms with Gasteiger partial charge in [0.15, 0.2) is 0 Å². The minimum absolute atomic E-state index is 0. The van der Waals surface area contributed by atoms with Gasteiger partial charge in [-0.2, -0.15) is 0 Å². The highest BCUT2D eigenvalue weighted by Gasteiger charge is 2.34. The Morgan fingerprint density at radius 1 is 1.00 bits per heavy atom. The van der Waals surface area contributed by atoms with E-state index in [1.165, 1.54) is 11.1 Å². The molecular weight excluding hydrogens is 397 g/mol. The fourth-order valence-electron chi connectivity index (χ4n) is 4.97. The molecule has 1 aliphatic heterocycles. The van der Waals surface area contributed by atoms with Gasteiger partial charge in [-0.15, -0.1) is 24.8 Å². The van der Waals surface area contributed by atoms with Crippen molar-refractivity contribution >= 4 is 30.7 Å². The molecule has 1 saturated heterocycles. The quantitative estimate of drug-likeness (QED) is 0.754. The van der Waals surface area contributed by atoms with Crippen LogP contribution in [0.2, 0.25) is 0 Å². The second kappa shape index (κ2) is 10.3.